The van der Waals surface area contributed by atoms with Crippen molar-refractivity contribution in [3.05, 3.63) is 65.7 Å². The summed E-state index contributed by atoms with van der Waals surface area (Å²) in [6, 6.07) is 18.1. The molecule has 1 fully saturated rings. The molecular weight excluding hydrogens is 322 g/mol. The lowest BCUT2D eigenvalue weighted by Crippen LogP contribution is -2.37. The summed E-state index contributed by atoms with van der Waals surface area (Å²) in [5, 5.41) is 8.91. The Labute approximate surface area is 142 Å². The lowest BCUT2D eigenvalue weighted by molar-refractivity contribution is 0.324. The fraction of sp³-hybridized carbons (Fsp3) is 0.278. The summed E-state index contributed by atoms with van der Waals surface area (Å²) in [4.78, 5) is 2.39. The number of benzene rings is 2. The van der Waals surface area contributed by atoms with E-state index < -0.39 is 10.0 Å². The molecule has 24 heavy (non-hydrogen) atoms. The maximum Gasteiger partial charge on any atom is 0.240 e. The molecular formula is C18H19N3O2S. The standard InChI is InChI=1S/C18H19N3O2S/c19-12-16-7-4-8-18(11-16)24(22,23)20-17-9-10-21(14-17)13-15-5-2-1-3-6-15/h1-8,11,17,20H,9-10,13-14H2. The van der Waals surface area contributed by atoms with Gasteiger partial charge in [0.15, 0.2) is 0 Å². The topological polar surface area (TPSA) is 73.2 Å². The van der Waals surface area contributed by atoms with Gasteiger partial charge in [0.25, 0.3) is 0 Å². The van der Waals surface area contributed by atoms with Gasteiger partial charge in [0, 0.05) is 25.7 Å². The molecule has 1 N–H and O–H groups in total. The first kappa shape index (κ1) is 16.7. The van der Waals surface area contributed by atoms with E-state index in [0.29, 0.717) is 12.1 Å². The number of hydrogen-bond acceptors (Lipinski definition) is 4. The molecule has 1 atom stereocenters. The summed E-state index contributed by atoms with van der Waals surface area (Å²) in [5.41, 5.74) is 1.57. The molecule has 3 rings (SSSR count). The lowest BCUT2D eigenvalue weighted by Gasteiger charge is -2.17. The number of likely N-dealkylation sites (tertiary alicyclic amines) is 1. The van der Waals surface area contributed by atoms with Crippen LogP contribution in [0.4, 0.5) is 0 Å². The van der Waals surface area contributed by atoms with E-state index in [0.717, 1.165) is 19.5 Å². The van der Waals surface area contributed by atoms with Crippen molar-refractivity contribution in [2.24, 2.45) is 0 Å². The second-order valence-electron chi connectivity index (χ2n) is 5.97. The Morgan fingerprint density at radius 3 is 2.71 bits per heavy atom. The highest BCUT2D eigenvalue weighted by Gasteiger charge is 2.27. The average Bonchev–Trinajstić information content (AvgIpc) is 3.02. The Kier molecular flexibility index (Phi) is 4.95. The van der Waals surface area contributed by atoms with E-state index in [-0.39, 0.29) is 10.9 Å². The number of hydrogen-bond donors (Lipinski definition) is 1. The molecule has 1 heterocycles. The fourth-order valence-electron chi connectivity index (χ4n) is 2.93. The number of nitrogens with zero attached hydrogens (tertiary/aromatic N) is 2. The largest absolute Gasteiger partial charge is 0.297 e. The maximum atomic E-state index is 12.5. The van der Waals surface area contributed by atoms with Crippen molar-refractivity contribution in [1.82, 2.24) is 9.62 Å². The molecule has 124 valence electrons. The minimum absolute atomic E-state index is 0.107. The third kappa shape index (κ3) is 4.01. The molecule has 0 bridgehead atoms. The molecule has 5 nitrogen and oxygen atoms in total. The van der Waals surface area contributed by atoms with E-state index in [4.69, 9.17) is 5.26 Å². The summed E-state index contributed by atoms with van der Waals surface area (Å²) in [7, 11) is -3.60. The highest BCUT2D eigenvalue weighted by molar-refractivity contribution is 7.89. The number of rotatable bonds is 5. The van der Waals surface area contributed by atoms with Crippen LogP contribution in [0.3, 0.4) is 0 Å². The Morgan fingerprint density at radius 2 is 1.96 bits per heavy atom. The van der Waals surface area contributed by atoms with Gasteiger partial charge in [0.05, 0.1) is 16.5 Å². The highest BCUT2D eigenvalue weighted by Crippen LogP contribution is 2.17. The van der Waals surface area contributed by atoms with Gasteiger partial charge in [0.1, 0.15) is 0 Å². The Bertz CT molecular complexity index is 844. The first-order chi connectivity index (χ1) is 11.6. The molecule has 0 spiro atoms. The van der Waals surface area contributed by atoms with E-state index in [9.17, 15) is 8.42 Å². The highest BCUT2D eigenvalue weighted by atomic mass is 32.2. The van der Waals surface area contributed by atoms with E-state index in [1.54, 1.807) is 12.1 Å². The third-order valence-electron chi connectivity index (χ3n) is 4.12. The number of sulfonamides is 1. The molecule has 1 aliphatic heterocycles. The predicted molar refractivity (Wildman–Crippen MR) is 91.6 cm³/mol. The van der Waals surface area contributed by atoms with E-state index in [1.165, 1.54) is 17.7 Å². The van der Waals surface area contributed by atoms with Crippen LogP contribution >= 0.6 is 0 Å². The van der Waals surface area contributed by atoms with Crippen molar-refractivity contribution in [3.8, 4) is 6.07 Å². The van der Waals surface area contributed by atoms with Gasteiger partial charge in [-0.25, -0.2) is 13.1 Å². The molecule has 0 amide bonds. The van der Waals surface area contributed by atoms with Crippen LogP contribution in [0, 0.1) is 11.3 Å². The third-order valence-corrected chi connectivity index (χ3v) is 5.63. The molecule has 1 aliphatic rings. The van der Waals surface area contributed by atoms with Crippen molar-refractivity contribution >= 4 is 10.0 Å². The SMILES string of the molecule is N#Cc1cccc(S(=O)(=O)NC2CCN(Cc3ccccc3)C2)c1. The summed E-state index contributed by atoms with van der Waals surface area (Å²) in [6.07, 6.45) is 0.782. The molecule has 0 aliphatic carbocycles. The van der Waals surface area contributed by atoms with Crippen molar-refractivity contribution in [1.29, 1.82) is 5.26 Å². The molecule has 2 aromatic carbocycles. The minimum atomic E-state index is -3.60. The zero-order valence-electron chi connectivity index (χ0n) is 13.2. The van der Waals surface area contributed by atoms with Crippen LogP contribution in [-0.2, 0) is 16.6 Å². The molecule has 6 heteroatoms. The Hall–Kier alpha value is -2.20. The van der Waals surface area contributed by atoms with Crippen LogP contribution in [0.15, 0.2) is 59.5 Å². The smallest absolute Gasteiger partial charge is 0.240 e. The van der Waals surface area contributed by atoms with Gasteiger partial charge in [0.2, 0.25) is 10.0 Å². The van der Waals surface area contributed by atoms with E-state index >= 15 is 0 Å². The van der Waals surface area contributed by atoms with Gasteiger partial charge in [-0.15, -0.1) is 0 Å². The molecule has 1 unspecified atom stereocenters. The van der Waals surface area contributed by atoms with E-state index in [1.807, 2.05) is 24.3 Å². The van der Waals surface area contributed by atoms with Crippen LogP contribution in [0.2, 0.25) is 0 Å². The van der Waals surface area contributed by atoms with Gasteiger partial charge in [-0.3, -0.25) is 4.90 Å². The Morgan fingerprint density at radius 1 is 1.17 bits per heavy atom. The van der Waals surface area contributed by atoms with Crippen LogP contribution in [0.1, 0.15) is 17.5 Å². The van der Waals surface area contributed by atoms with Crippen molar-refractivity contribution in [2.75, 3.05) is 13.1 Å². The second-order valence-corrected chi connectivity index (χ2v) is 7.68. The number of nitrogens with one attached hydrogen (secondary N) is 1. The van der Waals surface area contributed by atoms with Crippen molar-refractivity contribution in [3.63, 3.8) is 0 Å². The van der Waals surface area contributed by atoms with Crippen molar-refractivity contribution < 1.29 is 8.42 Å². The van der Waals surface area contributed by atoms with Gasteiger partial charge in [-0.05, 0) is 30.2 Å². The lowest BCUT2D eigenvalue weighted by atomic mass is 10.2. The van der Waals surface area contributed by atoms with Gasteiger partial charge >= 0.3 is 0 Å². The molecule has 0 saturated carbocycles. The van der Waals surface area contributed by atoms with Gasteiger partial charge < -0.3 is 0 Å². The van der Waals surface area contributed by atoms with Crippen molar-refractivity contribution in [2.45, 2.75) is 23.9 Å². The van der Waals surface area contributed by atoms with Crippen LogP contribution in [0.5, 0.6) is 0 Å². The van der Waals surface area contributed by atoms with Gasteiger partial charge in [-0.1, -0.05) is 36.4 Å². The first-order valence-corrected chi connectivity index (χ1v) is 9.34. The number of nitriles is 1. The minimum Gasteiger partial charge on any atom is -0.297 e. The van der Waals surface area contributed by atoms with Crippen LogP contribution < -0.4 is 4.72 Å². The zero-order chi connectivity index (χ0) is 17.0. The van der Waals surface area contributed by atoms with Crippen LogP contribution in [0.25, 0.3) is 0 Å². The van der Waals surface area contributed by atoms with Crippen LogP contribution in [-0.4, -0.2) is 32.4 Å². The summed E-state index contributed by atoms with van der Waals surface area (Å²) in [5.74, 6) is 0. The monoisotopic (exact) mass is 341 g/mol. The fourth-order valence-corrected chi connectivity index (χ4v) is 4.24. The second kappa shape index (κ2) is 7.14. The quantitative estimate of drug-likeness (QED) is 0.904. The van der Waals surface area contributed by atoms with E-state index in [2.05, 4.69) is 21.8 Å². The summed E-state index contributed by atoms with van der Waals surface area (Å²) in [6.45, 7) is 2.37. The zero-order valence-corrected chi connectivity index (χ0v) is 14.0. The molecule has 1 saturated heterocycles. The maximum absolute atomic E-state index is 12.5. The molecule has 0 aromatic heterocycles. The average molecular weight is 341 g/mol. The summed E-state index contributed by atoms with van der Waals surface area (Å²) < 4.78 is 27.7. The summed E-state index contributed by atoms with van der Waals surface area (Å²) >= 11 is 0. The normalized spacial score (nSPS) is 18.4. The Balaban J connectivity index is 1.63. The molecule has 0 radical (unpaired) electrons. The first-order valence-electron chi connectivity index (χ1n) is 7.85. The predicted octanol–water partition coefficient (Wildman–Crippen LogP) is 2.11. The van der Waals surface area contributed by atoms with Gasteiger partial charge in [-0.2, -0.15) is 5.26 Å². The molecule has 2 aromatic rings.